The Morgan fingerprint density at radius 3 is 2.45 bits per heavy atom. The fraction of sp³-hybridized carbons (Fsp3) is 0.419. The summed E-state index contributed by atoms with van der Waals surface area (Å²) >= 11 is 0. The van der Waals surface area contributed by atoms with E-state index < -0.39 is 6.09 Å². The van der Waals surface area contributed by atoms with Crippen LogP contribution in [0.15, 0.2) is 67.1 Å². The number of nitrogens with one attached hydrogen (secondary N) is 1. The highest BCUT2D eigenvalue weighted by molar-refractivity contribution is 6.04. The van der Waals surface area contributed by atoms with Gasteiger partial charge in [-0.3, -0.25) is 19.6 Å². The van der Waals surface area contributed by atoms with Gasteiger partial charge < -0.3 is 15.0 Å². The first-order valence-electron chi connectivity index (χ1n) is 14.3. The van der Waals surface area contributed by atoms with Crippen molar-refractivity contribution >= 4 is 17.7 Å². The molecule has 210 valence electrons. The van der Waals surface area contributed by atoms with Gasteiger partial charge in [0, 0.05) is 69.3 Å². The zero-order valence-electron chi connectivity index (χ0n) is 23.2. The third-order valence-electron chi connectivity index (χ3n) is 7.77. The van der Waals surface area contributed by atoms with Gasteiger partial charge in [-0.15, -0.1) is 0 Å². The van der Waals surface area contributed by atoms with E-state index in [1.807, 2.05) is 36.5 Å². The van der Waals surface area contributed by atoms with Crippen LogP contribution in [0.5, 0.6) is 5.88 Å². The second kappa shape index (κ2) is 13.5. The van der Waals surface area contributed by atoms with Gasteiger partial charge in [0.1, 0.15) is 0 Å². The van der Waals surface area contributed by atoms with Crippen molar-refractivity contribution < 1.29 is 14.3 Å². The Kier molecular flexibility index (Phi) is 9.36. The first-order valence-corrected chi connectivity index (χ1v) is 14.3. The van der Waals surface area contributed by atoms with Crippen LogP contribution in [0.2, 0.25) is 0 Å². The first-order chi connectivity index (χ1) is 19.6. The summed E-state index contributed by atoms with van der Waals surface area (Å²) in [6, 6.07) is 15.7. The number of pyridine rings is 2. The van der Waals surface area contributed by atoms with Crippen LogP contribution in [0.1, 0.15) is 54.1 Å². The van der Waals surface area contributed by atoms with Crippen LogP contribution in [0.25, 0.3) is 0 Å². The largest absolute Gasteiger partial charge is 0.416 e. The molecule has 2 aromatic heterocycles. The highest BCUT2D eigenvalue weighted by Gasteiger charge is 2.23. The lowest BCUT2D eigenvalue weighted by Crippen LogP contribution is -2.49. The van der Waals surface area contributed by atoms with Crippen LogP contribution in [-0.4, -0.2) is 75.4 Å². The van der Waals surface area contributed by atoms with E-state index in [0.29, 0.717) is 30.4 Å². The summed E-state index contributed by atoms with van der Waals surface area (Å²) in [4.78, 5) is 40.3. The SMILES string of the molecule is CCC1CCCCN1Cc1ccc(C(=O)Nc2ccc(OC(=O)N3CCN(Cc4cccnc4)CC3)nc2)cc1. The van der Waals surface area contributed by atoms with Gasteiger partial charge in [-0.1, -0.05) is 31.5 Å². The molecule has 2 aliphatic rings. The maximum Gasteiger partial charge on any atom is 0.416 e. The summed E-state index contributed by atoms with van der Waals surface area (Å²) in [7, 11) is 0. The van der Waals surface area contributed by atoms with Gasteiger partial charge in [0.05, 0.1) is 11.9 Å². The van der Waals surface area contributed by atoms with Gasteiger partial charge in [0.2, 0.25) is 5.88 Å². The third kappa shape index (κ3) is 7.43. The molecule has 0 radical (unpaired) electrons. The number of rotatable bonds is 8. The molecule has 2 fully saturated rings. The van der Waals surface area contributed by atoms with E-state index >= 15 is 0 Å². The number of likely N-dealkylation sites (tertiary alicyclic amines) is 1. The standard InChI is InChI=1S/C31H38N6O3/c1-2-28-7-3-4-15-37(28)23-24-8-10-26(11-9-24)30(38)34-27-12-13-29(33-21-27)40-31(39)36-18-16-35(17-19-36)22-25-6-5-14-32-20-25/h5-6,8-14,20-21,28H,2-4,7,15-19,22-23H2,1H3,(H,34,38). The Hall–Kier alpha value is -3.82. The first kappa shape index (κ1) is 27.7. The normalized spacial score (nSPS) is 18.3. The Balaban J connectivity index is 1.07. The molecular weight excluding hydrogens is 504 g/mol. The molecule has 9 heteroatoms. The highest BCUT2D eigenvalue weighted by atomic mass is 16.6. The summed E-state index contributed by atoms with van der Waals surface area (Å²) < 4.78 is 5.47. The maximum absolute atomic E-state index is 12.8. The van der Waals surface area contributed by atoms with E-state index in [1.165, 1.54) is 37.4 Å². The number of carbonyl (C=O) groups is 2. The number of aromatic nitrogens is 2. The Labute approximate surface area is 236 Å². The second-order valence-electron chi connectivity index (χ2n) is 10.6. The monoisotopic (exact) mass is 542 g/mol. The molecule has 0 saturated carbocycles. The molecule has 9 nitrogen and oxygen atoms in total. The zero-order chi connectivity index (χ0) is 27.7. The minimum Gasteiger partial charge on any atom is -0.391 e. The molecule has 0 bridgehead atoms. The molecule has 1 N–H and O–H groups in total. The smallest absolute Gasteiger partial charge is 0.391 e. The molecule has 1 atom stereocenters. The number of ether oxygens (including phenoxy) is 1. The molecule has 3 aromatic rings. The molecule has 4 heterocycles. The van der Waals surface area contributed by atoms with Crippen LogP contribution < -0.4 is 10.1 Å². The van der Waals surface area contributed by atoms with Crippen molar-refractivity contribution in [3.63, 3.8) is 0 Å². The minimum atomic E-state index is -0.416. The Bertz CT molecular complexity index is 1240. The van der Waals surface area contributed by atoms with E-state index in [9.17, 15) is 9.59 Å². The third-order valence-corrected chi connectivity index (χ3v) is 7.77. The van der Waals surface area contributed by atoms with Gasteiger partial charge in [0.25, 0.3) is 5.91 Å². The fourth-order valence-corrected chi connectivity index (χ4v) is 5.44. The number of hydrogen-bond donors (Lipinski definition) is 1. The lowest BCUT2D eigenvalue weighted by Gasteiger charge is -2.35. The highest BCUT2D eigenvalue weighted by Crippen LogP contribution is 2.22. The van der Waals surface area contributed by atoms with Crippen molar-refractivity contribution in [2.45, 2.75) is 51.7 Å². The van der Waals surface area contributed by atoms with Gasteiger partial charge >= 0.3 is 6.09 Å². The fourth-order valence-electron chi connectivity index (χ4n) is 5.44. The van der Waals surface area contributed by atoms with E-state index in [2.05, 4.69) is 38.1 Å². The summed E-state index contributed by atoms with van der Waals surface area (Å²) in [5.41, 5.74) is 3.51. The van der Waals surface area contributed by atoms with Gasteiger partial charge in [0.15, 0.2) is 0 Å². The molecule has 0 spiro atoms. The summed E-state index contributed by atoms with van der Waals surface area (Å²) in [6.45, 7) is 7.84. The maximum atomic E-state index is 12.8. The number of amides is 2. The quantitative estimate of drug-likeness (QED) is 0.437. The van der Waals surface area contributed by atoms with Crippen molar-refractivity contribution in [1.29, 1.82) is 0 Å². The van der Waals surface area contributed by atoms with Crippen molar-refractivity contribution in [1.82, 2.24) is 24.7 Å². The predicted molar refractivity (Wildman–Crippen MR) is 154 cm³/mol. The molecular formula is C31H38N6O3. The minimum absolute atomic E-state index is 0.202. The molecule has 1 unspecified atom stereocenters. The number of benzene rings is 1. The van der Waals surface area contributed by atoms with Crippen molar-refractivity contribution in [3.05, 3.63) is 83.8 Å². The molecule has 5 rings (SSSR count). The number of piperazine rings is 1. The van der Waals surface area contributed by atoms with Crippen molar-refractivity contribution in [2.24, 2.45) is 0 Å². The summed E-state index contributed by atoms with van der Waals surface area (Å²) in [6.07, 6.45) is 9.74. The number of carbonyl (C=O) groups excluding carboxylic acids is 2. The molecule has 2 aliphatic heterocycles. The van der Waals surface area contributed by atoms with E-state index in [0.717, 1.165) is 38.3 Å². The number of hydrogen-bond acceptors (Lipinski definition) is 7. The van der Waals surface area contributed by atoms with Crippen LogP contribution >= 0.6 is 0 Å². The van der Waals surface area contributed by atoms with Gasteiger partial charge in [-0.2, -0.15) is 0 Å². The number of piperidine rings is 1. The van der Waals surface area contributed by atoms with E-state index in [-0.39, 0.29) is 11.8 Å². The summed E-state index contributed by atoms with van der Waals surface area (Å²) in [5.74, 6) is -0.0000977. The Morgan fingerprint density at radius 1 is 0.925 bits per heavy atom. The molecule has 40 heavy (non-hydrogen) atoms. The van der Waals surface area contributed by atoms with Crippen molar-refractivity contribution in [3.8, 4) is 5.88 Å². The van der Waals surface area contributed by atoms with Gasteiger partial charge in [-0.25, -0.2) is 9.78 Å². The number of anilines is 1. The predicted octanol–water partition coefficient (Wildman–Crippen LogP) is 4.81. The molecule has 1 aromatic carbocycles. The second-order valence-corrected chi connectivity index (χ2v) is 10.6. The zero-order valence-corrected chi connectivity index (χ0v) is 23.2. The lowest BCUT2D eigenvalue weighted by molar-refractivity contribution is 0.102. The van der Waals surface area contributed by atoms with Crippen LogP contribution in [-0.2, 0) is 13.1 Å². The summed E-state index contributed by atoms with van der Waals surface area (Å²) in [5, 5.41) is 2.87. The van der Waals surface area contributed by atoms with E-state index in [4.69, 9.17) is 4.74 Å². The topological polar surface area (TPSA) is 90.9 Å². The molecule has 2 amide bonds. The average Bonchev–Trinajstić information content (AvgIpc) is 2.99. The molecule has 0 aliphatic carbocycles. The van der Waals surface area contributed by atoms with Gasteiger partial charge in [-0.05, 0) is 61.2 Å². The molecule has 2 saturated heterocycles. The Morgan fingerprint density at radius 2 is 1.75 bits per heavy atom. The van der Waals surface area contributed by atoms with Crippen molar-refractivity contribution in [2.75, 3.05) is 38.0 Å². The van der Waals surface area contributed by atoms with Crippen LogP contribution in [0.4, 0.5) is 10.5 Å². The number of nitrogens with zero attached hydrogens (tertiary/aromatic N) is 5. The van der Waals surface area contributed by atoms with Crippen LogP contribution in [0.3, 0.4) is 0 Å². The average molecular weight is 543 g/mol. The lowest BCUT2D eigenvalue weighted by atomic mass is 9.99. The van der Waals surface area contributed by atoms with E-state index in [1.54, 1.807) is 23.2 Å². The van der Waals surface area contributed by atoms with Crippen LogP contribution in [0, 0.1) is 0 Å².